The lowest BCUT2D eigenvalue weighted by molar-refractivity contribution is -0.126. The normalized spacial score (nSPS) is 25.8. The summed E-state index contributed by atoms with van der Waals surface area (Å²) in [5.74, 6) is 0.901. The van der Waals surface area contributed by atoms with Gasteiger partial charge >= 0.3 is 0 Å². The van der Waals surface area contributed by atoms with E-state index in [0.717, 1.165) is 19.3 Å². The van der Waals surface area contributed by atoms with Gasteiger partial charge in [-0.25, -0.2) is 0 Å². The first-order valence-electron chi connectivity index (χ1n) is 5.99. The molecule has 0 bridgehead atoms. The van der Waals surface area contributed by atoms with E-state index in [-0.39, 0.29) is 17.9 Å². The number of amides is 1. The summed E-state index contributed by atoms with van der Waals surface area (Å²) in [5, 5.41) is 6.62. The third-order valence-electron chi connectivity index (χ3n) is 3.42. The Hall–Kier alpha value is -1.43. The molecule has 1 fully saturated rings. The zero-order chi connectivity index (χ0) is 12.3. The topological polar surface area (TPSA) is 94.0 Å². The van der Waals surface area contributed by atoms with Crippen LogP contribution >= 0.6 is 0 Å². The Bertz CT molecular complexity index is 366. The molecule has 2 rings (SSSR count). The van der Waals surface area contributed by atoms with Crippen LogP contribution in [0.5, 0.6) is 0 Å². The molecule has 1 saturated carbocycles. The lowest BCUT2D eigenvalue weighted by Gasteiger charge is -2.19. The Kier molecular flexibility index (Phi) is 3.73. The van der Waals surface area contributed by atoms with Crippen molar-refractivity contribution in [2.75, 3.05) is 6.54 Å². The number of nitrogens with one attached hydrogen (secondary N) is 1. The molecule has 0 aliphatic heterocycles. The molecule has 1 aromatic rings. The van der Waals surface area contributed by atoms with E-state index in [2.05, 4.69) is 20.0 Å². The zero-order valence-electron chi connectivity index (χ0n) is 9.93. The molecule has 1 amide bonds. The second kappa shape index (κ2) is 5.27. The van der Waals surface area contributed by atoms with Gasteiger partial charge in [0.1, 0.15) is 0 Å². The van der Waals surface area contributed by atoms with Crippen molar-refractivity contribution in [1.82, 2.24) is 15.5 Å². The molecular formula is C11H18N4O2. The highest BCUT2D eigenvalue weighted by Gasteiger charge is 2.32. The molecule has 0 saturated heterocycles. The maximum Gasteiger partial charge on any atom is 0.224 e. The Morgan fingerprint density at radius 3 is 3.18 bits per heavy atom. The van der Waals surface area contributed by atoms with E-state index in [1.54, 1.807) is 0 Å². The fraction of sp³-hybridized carbons (Fsp3) is 0.727. The Morgan fingerprint density at radius 1 is 1.71 bits per heavy atom. The molecule has 3 N–H and O–H groups in total. The van der Waals surface area contributed by atoms with Crippen molar-refractivity contribution in [3.8, 4) is 0 Å². The summed E-state index contributed by atoms with van der Waals surface area (Å²) in [7, 11) is 0. The number of hydrogen-bond acceptors (Lipinski definition) is 5. The molecule has 0 spiro atoms. The Balaban J connectivity index is 1.92. The molecule has 17 heavy (non-hydrogen) atoms. The third-order valence-corrected chi connectivity index (χ3v) is 3.42. The van der Waals surface area contributed by atoms with Gasteiger partial charge < -0.3 is 15.6 Å². The Morgan fingerprint density at radius 2 is 2.53 bits per heavy atom. The zero-order valence-corrected chi connectivity index (χ0v) is 9.93. The van der Waals surface area contributed by atoms with Crippen molar-refractivity contribution >= 4 is 5.91 Å². The minimum atomic E-state index is -0.222. The minimum Gasteiger partial charge on any atom is -0.346 e. The fourth-order valence-electron chi connectivity index (χ4n) is 2.42. The second-order valence-electron chi connectivity index (χ2n) is 4.55. The largest absolute Gasteiger partial charge is 0.346 e. The van der Waals surface area contributed by atoms with Crippen LogP contribution in [0.25, 0.3) is 0 Å². The molecular weight excluding hydrogens is 220 g/mol. The van der Waals surface area contributed by atoms with Crippen LogP contribution in [0.15, 0.2) is 10.9 Å². The first-order valence-corrected chi connectivity index (χ1v) is 5.99. The summed E-state index contributed by atoms with van der Waals surface area (Å²) in [6.45, 7) is 2.42. The maximum absolute atomic E-state index is 12.1. The smallest absolute Gasteiger partial charge is 0.224 e. The van der Waals surface area contributed by atoms with Crippen LogP contribution in [0.4, 0.5) is 0 Å². The summed E-state index contributed by atoms with van der Waals surface area (Å²) in [6.07, 6.45) is 4.31. The van der Waals surface area contributed by atoms with E-state index in [0.29, 0.717) is 18.3 Å². The van der Waals surface area contributed by atoms with Gasteiger partial charge in [-0.1, -0.05) is 11.6 Å². The van der Waals surface area contributed by atoms with Crippen LogP contribution in [0.2, 0.25) is 0 Å². The van der Waals surface area contributed by atoms with Crippen molar-refractivity contribution in [2.45, 2.75) is 32.2 Å². The molecule has 1 heterocycles. The van der Waals surface area contributed by atoms with Crippen LogP contribution in [-0.2, 0) is 4.79 Å². The van der Waals surface area contributed by atoms with E-state index in [1.165, 1.54) is 6.39 Å². The summed E-state index contributed by atoms with van der Waals surface area (Å²) >= 11 is 0. The highest BCUT2D eigenvalue weighted by atomic mass is 16.5. The lowest BCUT2D eigenvalue weighted by Crippen LogP contribution is -2.36. The van der Waals surface area contributed by atoms with Crippen molar-refractivity contribution in [2.24, 2.45) is 17.6 Å². The fourth-order valence-corrected chi connectivity index (χ4v) is 2.42. The number of carbonyl (C=O) groups is 1. The average Bonchev–Trinajstić information content (AvgIpc) is 2.99. The SMILES string of the molecule is CC(NC(=O)[C@@H]1CCC[C@@H]1CN)c1ncon1. The van der Waals surface area contributed by atoms with Crippen molar-refractivity contribution in [3.63, 3.8) is 0 Å². The number of nitrogens with zero attached hydrogens (tertiary/aromatic N) is 2. The maximum atomic E-state index is 12.1. The lowest BCUT2D eigenvalue weighted by atomic mass is 9.95. The van der Waals surface area contributed by atoms with E-state index in [9.17, 15) is 4.79 Å². The van der Waals surface area contributed by atoms with Gasteiger partial charge in [-0.15, -0.1) is 0 Å². The number of aromatic nitrogens is 2. The predicted molar refractivity (Wildman–Crippen MR) is 60.7 cm³/mol. The van der Waals surface area contributed by atoms with Crippen molar-refractivity contribution < 1.29 is 9.32 Å². The molecule has 0 aromatic carbocycles. The highest BCUT2D eigenvalue weighted by molar-refractivity contribution is 5.79. The molecule has 0 radical (unpaired) electrons. The summed E-state index contributed by atoms with van der Waals surface area (Å²) in [6, 6.07) is -0.222. The Labute approximate surface area is 99.9 Å². The van der Waals surface area contributed by atoms with Gasteiger partial charge in [0, 0.05) is 5.92 Å². The minimum absolute atomic E-state index is 0.0364. The van der Waals surface area contributed by atoms with E-state index in [1.807, 2.05) is 6.92 Å². The van der Waals surface area contributed by atoms with Gasteiger partial charge in [-0.3, -0.25) is 4.79 Å². The molecule has 6 nitrogen and oxygen atoms in total. The monoisotopic (exact) mass is 238 g/mol. The molecule has 1 aromatic heterocycles. The van der Waals surface area contributed by atoms with Crippen LogP contribution in [0.1, 0.15) is 38.1 Å². The van der Waals surface area contributed by atoms with E-state index >= 15 is 0 Å². The summed E-state index contributed by atoms with van der Waals surface area (Å²) < 4.78 is 4.65. The van der Waals surface area contributed by atoms with Gasteiger partial charge in [0.05, 0.1) is 6.04 Å². The second-order valence-corrected chi connectivity index (χ2v) is 4.55. The van der Waals surface area contributed by atoms with Crippen LogP contribution in [0, 0.1) is 11.8 Å². The molecule has 1 unspecified atom stereocenters. The first kappa shape index (κ1) is 12.0. The summed E-state index contributed by atoms with van der Waals surface area (Å²) in [5.41, 5.74) is 5.67. The van der Waals surface area contributed by atoms with Crippen LogP contribution in [-0.4, -0.2) is 22.6 Å². The van der Waals surface area contributed by atoms with Crippen molar-refractivity contribution in [3.05, 3.63) is 12.2 Å². The quantitative estimate of drug-likeness (QED) is 0.802. The first-order chi connectivity index (χ1) is 8.22. The average molecular weight is 238 g/mol. The summed E-state index contributed by atoms with van der Waals surface area (Å²) in [4.78, 5) is 16.0. The van der Waals surface area contributed by atoms with Gasteiger partial charge in [-0.05, 0) is 32.2 Å². The van der Waals surface area contributed by atoms with Gasteiger partial charge in [0.2, 0.25) is 12.3 Å². The van der Waals surface area contributed by atoms with Gasteiger partial charge in [0.15, 0.2) is 5.82 Å². The highest BCUT2D eigenvalue weighted by Crippen LogP contribution is 2.31. The van der Waals surface area contributed by atoms with Gasteiger partial charge in [-0.2, -0.15) is 4.98 Å². The molecule has 6 heteroatoms. The van der Waals surface area contributed by atoms with Crippen molar-refractivity contribution in [1.29, 1.82) is 0 Å². The number of rotatable bonds is 4. The predicted octanol–water partition coefficient (Wildman–Crippen LogP) is 0.622. The molecule has 3 atom stereocenters. The molecule has 1 aliphatic carbocycles. The standard InChI is InChI=1S/C11H18N4O2/c1-7(10-13-6-17-15-10)14-11(16)9-4-2-3-8(9)5-12/h6-9H,2-5,12H2,1H3,(H,14,16)/t7?,8-,9-/m1/s1. The third kappa shape index (κ3) is 2.63. The molecule has 1 aliphatic rings. The van der Waals surface area contributed by atoms with E-state index < -0.39 is 0 Å². The van der Waals surface area contributed by atoms with Crippen LogP contribution < -0.4 is 11.1 Å². The number of carbonyl (C=O) groups excluding carboxylic acids is 1. The number of nitrogens with two attached hydrogens (primary N) is 1. The van der Waals surface area contributed by atoms with Crippen LogP contribution in [0.3, 0.4) is 0 Å². The number of hydrogen-bond donors (Lipinski definition) is 2. The van der Waals surface area contributed by atoms with Gasteiger partial charge in [0.25, 0.3) is 0 Å². The molecule has 94 valence electrons. The van der Waals surface area contributed by atoms with E-state index in [4.69, 9.17) is 5.73 Å².